The number of nitrogens with zero attached hydrogens (tertiary/aromatic N) is 3. The van der Waals surface area contributed by atoms with Crippen LogP contribution in [-0.4, -0.2) is 52.5 Å². The quantitative estimate of drug-likeness (QED) is 0.596. The summed E-state index contributed by atoms with van der Waals surface area (Å²) in [6, 6.07) is 17.5. The Kier molecular flexibility index (Phi) is 5.24. The number of pyridine rings is 1. The maximum Gasteiger partial charge on any atom is 0.196 e. The molecular formula is C27H27N3O2. The van der Waals surface area contributed by atoms with Crippen LogP contribution in [0.5, 0.6) is 0 Å². The van der Waals surface area contributed by atoms with Crippen molar-refractivity contribution in [2.45, 2.75) is 25.9 Å². The summed E-state index contributed by atoms with van der Waals surface area (Å²) in [6.07, 6.45) is 3.43. The summed E-state index contributed by atoms with van der Waals surface area (Å²) >= 11 is 0. The van der Waals surface area contributed by atoms with Crippen LogP contribution in [0.4, 0.5) is 0 Å². The van der Waals surface area contributed by atoms with E-state index in [4.69, 9.17) is 0 Å². The number of carbonyl (C=O) groups excluding carboxylic acids is 2. The molecular weight excluding hydrogens is 398 g/mol. The Balaban J connectivity index is 1.49. The number of fused-ring (bicyclic) bond motifs is 1. The van der Waals surface area contributed by atoms with Crippen molar-refractivity contribution in [1.29, 1.82) is 0 Å². The summed E-state index contributed by atoms with van der Waals surface area (Å²) < 4.78 is 0. The summed E-state index contributed by atoms with van der Waals surface area (Å²) in [7, 11) is 0. The van der Waals surface area contributed by atoms with Gasteiger partial charge in [0.25, 0.3) is 0 Å². The SMILES string of the molecule is Cc1ccccc1CN1CCN(C2(c3ccncc3C)C(=O)c3ccccc3C2=O)CC1. The third-order valence-corrected chi connectivity index (χ3v) is 6.99. The highest BCUT2D eigenvalue weighted by atomic mass is 16.2. The second-order valence-electron chi connectivity index (χ2n) is 8.79. The van der Waals surface area contributed by atoms with Crippen LogP contribution in [0.15, 0.2) is 67.0 Å². The Bertz CT molecular complexity index is 1160. The fourth-order valence-electron chi connectivity index (χ4n) is 5.22. The van der Waals surface area contributed by atoms with Crippen molar-refractivity contribution in [2.75, 3.05) is 26.2 Å². The zero-order valence-electron chi connectivity index (χ0n) is 18.5. The van der Waals surface area contributed by atoms with Gasteiger partial charge in [-0.1, -0.05) is 48.5 Å². The van der Waals surface area contributed by atoms with Gasteiger partial charge in [-0.2, -0.15) is 0 Å². The van der Waals surface area contributed by atoms with E-state index in [1.165, 1.54) is 11.1 Å². The average Bonchev–Trinajstić information content (AvgIpc) is 3.04. The molecule has 0 amide bonds. The van der Waals surface area contributed by atoms with E-state index in [0.717, 1.165) is 30.8 Å². The molecule has 0 N–H and O–H groups in total. The van der Waals surface area contributed by atoms with E-state index in [1.54, 1.807) is 24.5 Å². The molecule has 0 radical (unpaired) electrons. The van der Waals surface area contributed by atoms with E-state index < -0.39 is 5.54 Å². The number of Topliss-reactive ketones (excluding diaryl/α,β-unsaturated/α-hetero) is 2. The minimum Gasteiger partial charge on any atom is -0.297 e. The summed E-state index contributed by atoms with van der Waals surface area (Å²) in [5.74, 6) is -0.223. The van der Waals surface area contributed by atoms with Crippen molar-refractivity contribution in [1.82, 2.24) is 14.8 Å². The molecule has 1 fully saturated rings. The van der Waals surface area contributed by atoms with Crippen molar-refractivity contribution in [3.05, 3.63) is 100 Å². The molecule has 0 bridgehead atoms. The Labute approximate surface area is 188 Å². The van der Waals surface area contributed by atoms with Gasteiger partial charge in [0.15, 0.2) is 17.1 Å². The van der Waals surface area contributed by atoms with E-state index in [-0.39, 0.29) is 11.6 Å². The molecule has 1 aliphatic carbocycles. The number of aryl methyl sites for hydroxylation is 2. The molecule has 0 spiro atoms. The summed E-state index contributed by atoms with van der Waals surface area (Å²) in [5, 5.41) is 0. The van der Waals surface area contributed by atoms with Gasteiger partial charge in [0, 0.05) is 56.2 Å². The largest absolute Gasteiger partial charge is 0.297 e. The van der Waals surface area contributed by atoms with Crippen LogP contribution >= 0.6 is 0 Å². The molecule has 162 valence electrons. The van der Waals surface area contributed by atoms with Crippen molar-refractivity contribution < 1.29 is 9.59 Å². The Morgan fingerprint density at radius 2 is 1.44 bits per heavy atom. The van der Waals surface area contributed by atoms with Crippen molar-refractivity contribution in [3.8, 4) is 0 Å². The van der Waals surface area contributed by atoms with Crippen LogP contribution in [0.25, 0.3) is 0 Å². The van der Waals surface area contributed by atoms with Gasteiger partial charge in [-0.15, -0.1) is 0 Å². The minimum atomic E-state index is -1.30. The Hall–Kier alpha value is -3.15. The van der Waals surface area contributed by atoms with Gasteiger partial charge in [-0.25, -0.2) is 0 Å². The van der Waals surface area contributed by atoms with Crippen LogP contribution in [-0.2, 0) is 12.1 Å². The van der Waals surface area contributed by atoms with E-state index in [9.17, 15) is 9.59 Å². The highest BCUT2D eigenvalue weighted by Crippen LogP contribution is 2.43. The van der Waals surface area contributed by atoms with Crippen LogP contribution in [0.3, 0.4) is 0 Å². The lowest BCUT2D eigenvalue weighted by Gasteiger charge is -2.44. The molecule has 2 aliphatic rings. The lowest BCUT2D eigenvalue weighted by molar-refractivity contribution is 0.0277. The first-order chi connectivity index (χ1) is 15.5. The van der Waals surface area contributed by atoms with E-state index in [1.807, 2.05) is 25.1 Å². The number of aromatic nitrogens is 1. The van der Waals surface area contributed by atoms with Crippen molar-refractivity contribution in [2.24, 2.45) is 0 Å². The second kappa shape index (κ2) is 8.08. The van der Waals surface area contributed by atoms with Crippen molar-refractivity contribution >= 4 is 11.6 Å². The molecule has 5 rings (SSSR count). The van der Waals surface area contributed by atoms with Gasteiger partial charge < -0.3 is 0 Å². The molecule has 0 atom stereocenters. The molecule has 0 unspecified atom stereocenters. The predicted molar refractivity (Wildman–Crippen MR) is 124 cm³/mol. The summed E-state index contributed by atoms with van der Waals surface area (Å²) in [5.41, 5.74) is 3.98. The van der Waals surface area contributed by atoms with E-state index >= 15 is 0 Å². The fraction of sp³-hybridized carbons (Fsp3) is 0.296. The predicted octanol–water partition coefficient (Wildman–Crippen LogP) is 3.79. The fourth-order valence-corrected chi connectivity index (χ4v) is 5.22. The molecule has 0 saturated carbocycles. The maximum absolute atomic E-state index is 13.9. The van der Waals surface area contributed by atoms with Crippen LogP contribution in [0, 0.1) is 13.8 Å². The number of piperazine rings is 1. The minimum absolute atomic E-state index is 0.111. The molecule has 1 aromatic heterocycles. The smallest absolute Gasteiger partial charge is 0.196 e. The van der Waals surface area contributed by atoms with E-state index in [0.29, 0.717) is 24.2 Å². The van der Waals surface area contributed by atoms with Gasteiger partial charge >= 0.3 is 0 Å². The van der Waals surface area contributed by atoms with Gasteiger partial charge in [0.1, 0.15) is 0 Å². The number of rotatable bonds is 4. The maximum atomic E-state index is 13.9. The molecule has 32 heavy (non-hydrogen) atoms. The van der Waals surface area contributed by atoms with Gasteiger partial charge in [0.05, 0.1) is 0 Å². The number of benzene rings is 2. The van der Waals surface area contributed by atoms with Gasteiger partial charge in [-0.05, 0) is 42.2 Å². The second-order valence-corrected chi connectivity index (χ2v) is 8.79. The highest BCUT2D eigenvalue weighted by molar-refractivity contribution is 6.33. The van der Waals surface area contributed by atoms with Crippen LogP contribution in [0.2, 0.25) is 0 Å². The van der Waals surface area contributed by atoms with Crippen LogP contribution in [0.1, 0.15) is 43.0 Å². The van der Waals surface area contributed by atoms with Gasteiger partial charge in [-0.3, -0.25) is 24.4 Å². The first-order valence-corrected chi connectivity index (χ1v) is 11.1. The lowest BCUT2D eigenvalue weighted by atomic mass is 9.81. The first kappa shape index (κ1) is 20.7. The molecule has 5 heteroatoms. The Morgan fingerprint density at radius 1 is 0.812 bits per heavy atom. The standard InChI is InChI=1S/C27H27N3O2/c1-19-7-3-4-8-21(19)18-29-13-15-30(16-14-29)27(24-11-12-28-17-20(24)2)25(31)22-9-5-6-10-23(22)26(27)32/h3-12,17H,13-16,18H2,1-2H3. The molecule has 5 nitrogen and oxygen atoms in total. The molecule has 1 saturated heterocycles. The first-order valence-electron chi connectivity index (χ1n) is 11.1. The zero-order chi connectivity index (χ0) is 22.3. The number of hydrogen-bond acceptors (Lipinski definition) is 5. The lowest BCUT2D eigenvalue weighted by Crippen LogP contribution is -2.60. The van der Waals surface area contributed by atoms with E-state index in [2.05, 4.69) is 46.0 Å². The highest BCUT2D eigenvalue weighted by Gasteiger charge is 2.58. The third kappa shape index (κ3) is 3.12. The van der Waals surface area contributed by atoms with Crippen molar-refractivity contribution in [3.63, 3.8) is 0 Å². The normalized spacial score (nSPS) is 18.7. The molecule has 3 aromatic rings. The monoisotopic (exact) mass is 425 g/mol. The number of carbonyl (C=O) groups is 2. The molecule has 2 aromatic carbocycles. The molecule has 1 aliphatic heterocycles. The summed E-state index contributed by atoms with van der Waals surface area (Å²) in [6.45, 7) is 7.86. The average molecular weight is 426 g/mol. The number of hydrogen-bond donors (Lipinski definition) is 0. The zero-order valence-corrected chi connectivity index (χ0v) is 18.5. The molecule has 2 heterocycles. The number of ketones is 2. The topological polar surface area (TPSA) is 53.5 Å². The van der Waals surface area contributed by atoms with Gasteiger partial charge in [0.2, 0.25) is 0 Å². The Morgan fingerprint density at radius 3 is 2.06 bits per heavy atom. The third-order valence-electron chi connectivity index (χ3n) is 6.99. The van der Waals surface area contributed by atoms with Crippen LogP contribution < -0.4 is 0 Å². The summed E-state index contributed by atoms with van der Waals surface area (Å²) in [4.78, 5) is 36.5.